The number of aromatic nitrogens is 1. The lowest BCUT2D eigenvalue weighted by molar-refractivity contribution is -0.151. The Morgan fingerprint density at radius 3 is 2.67 bits per heavy atom. The molecular formula is C33H34FN3O5. The summed E-state index contributed by atoms with van der Waals surface area (Å²) in [5.74, 6) is -1.28. The van der Waals surface area contributed by atoms with Gasteiger partial charge >= 0.3 is 12.1 Å². The highest BCUT2D eigenvalue weighted by Crippen LogP contribution is 2.54. The number of fused-ring (bicyclic) bond motifs is 3. The molecular weight excluding hydrogens is 537 g/mol. The summed E-state index contributed by atoms with van der Waals surface area (Å²) in [5.41, 5.74) is 3.71. The zero-order valence-corrected chi connectivity index (χ0v) is 23.8. The van der Waals surface area contributed by atoms with Crippen molar-refractivity contribution in [2.75, 3.05) is 26.3 Å². The summed E-state index contributed by atoms with van der Waals surface area (Å²) < 4.78 is 25.5. The van der Waals surface area contributed by atoms with Crippen LogP contribution in [0.25, 0.3) is 10.9 Å². The molecule has 0 saturated carbocycles. The number of halogens is 1. The minimum Gasteiger partial charge on any atom is -0.465 e. The molecule has 8 nitrogen and oxygen atoms in total. The van der Waals surface area contributed by atoms with Gasteiger partial charge in [0.25, 0.3) is 0 Å². The lowest BCUT2D eigenvalue weighted by atomic mass is 9.59. The maximum Gasteiger partial charge on any atom is 0.413 e. The molecule has 1 aromatic heterocycles. The summed E-state index contributed by atoms with van der Waals surface area (Å²) in [5, 5.41) is 0.687. The topological polar surface area (TPSA) is 91.9 Å². The highest BCUT2D eigenvalue weighted by Gasteiger charge is 2.55. The summed E-state index contributed by atoms with van der Waals surface area (Å²) in [4.78, 5) is 46.1. The molecule has 2 amide bonds. The van der Waals surface area contributed by atoms with Gasteiger partial charge in [-0.3, -0.25) is 14.5 Å². The van der Waals surface area contributed by atoms with Gasteiger partial charge in [0.1, 0.15) is 17.8 Å². The van der Waals surface area contributed by atoms with Gasteiger partial charge in [-0.05, 0) is 68.0 Å². The number of amides is 2. The number of carbonyl (C=O) groups excluding carboxylic acids is 3. The highest BCUT2D eigenvalue weighted by molar-refractivity contribution is 5.93. The van der Waals surface area contributed by atoms with Crippen LogP contribution in [0.1, 0.15) is 54.5 Å². The quantitative estimate of drug-likeness (QED) is 0.372. The zero-order valence-electron chi connectivity index (χ0n) is 23.8. The van der Waals surface area contributed by atoms with Crippen molar-refractivity contribution in [3.63, 3.8) is 0 Å². The van der Waals surface area contributed by atoms with Crippen LogP contribution in [0.5, 0.6) is 0 Å². The first kappa shape index (κ1) is 27.8. The Morgan fingerprint density at radius 2 is 1.98 bits per heavy atom. The van der Waals surface area contributed by atoms with Crippen molar-refractivity contribution in [1.82, 2.24) is 14.8 Å². The maximum absolute atomic E-state index is 14.6. The molecule has 42 heavy (non-hydrogen) atoms. The smallest absolute Gasteiger partial charge is 0.413 e. The Bertz CT molecular complexity index is 1610. The summed E-state index contributed by atoms with van der Waals surface area (Å²) in [6.45, 7) is 5.26. The molecule has 3 aromatic rings. The van der Waals surface area contributed by atoms with Gasteiger partial charge in [-0.15, -0.1) is 0 Å². The van der Waals surface area contributed by atoms with Crippen molar-refractivity contribution >= 4 is 28.9 Å². The monoisotopic (exact) mass is 571 g/mol. The van der Waals surface area contributed by atoms with Crippen molar-refractivity contribution in [2.24, 2.45) is 0 Å². The number of rotatable bonds is 7. The fourth-order valence-electron chi connectivity index (χ4n) is 6.62. The van der Waals surface area contributed by atoms with E-state index in [-0.39, 0.29) is 24.8 Å². The first-order valence-corrected chi connectivity index (χ1v) is 14.5. The molecule has 2 atom stereocenters. The number of benzene rings is 2. The third-order valence-corrected chi connectivity index (χ3v) is 8.56. The molecule has 2 aliphatic heterocycles. The molecule has 0 bridgehead atoms. The number of likely N-dealkylation sites (tertiary alicyclic amines) is 1. The molecule has 6 rings (SSSR count). The number of carbonyl (C=O) groups is 3. The predicted octanol–water partition coefficient (Wildman–Crippen LogP) is 5.62. The molecule has 1 N–H and O–H groups in total. The van der Waals surface area contributed by atoms with Crippen LogP contribution in [-0.2, 0) is 30.9 Å². The molecule has 2 fully saturated rings. The van der Waals surface area contributed by atoms with Crippen molar-refractivity contribution in [3.05, 3.63) is 94.7 Å². The number of H-pyrrole nitrogens is 1. The maximum atomic E-state index is 14.6. The van der Waals surface area contributed by atoms with Gasteiger partial charge in [-0.2, -0.15) is 0 Å². The molecule has 3 heterocycles. The molecule has 1 unspecified atom stereocenters. The Hall–Kier alpha value is -4.40. The molecule has 1 aliphatic carbocycles. The normalized spacial score (nSPS) is 23.3. The van der Waals surface area contributed by atoms with E-state index < -0.39 is 23.4 Å². The number of hydrogen-bond acceptors (Lipinski definition) is 5. The fourth-order valence-corrected chi connectivity index (χ4v) is 6.62. The first-order chi connectivity index (χ1) is 20.3. The predicted molar refractivity (Wildman–Crippen MR) is 155 cm³/mol. The van der Waals surface area contributed by atoms with E-state index in [1.54, 1.807) is 24.1 Å². The summed E-state index contributed by atoms with van der Waals surface area (Å²) in [7, 11) is 0. The van der Waals surface area contributed by atoms with E-state index in [9.17, 15) is 18.8 Å². The number of ether oxygens (including phenoxy) is 2. The van der Waals surface area contributed by atoms with Crippen LogP contribution < -0.4 is 0 Å². The van der Waals surface area contributed by atoms with E-state index in [1.807, 2.05) is 43.5 Å². The summed E-state index contributed by atoms with van der Waals surface area (Å²) >= 11 is 0. The summed E-state index contributed by atoms with van der Waals surface area (Å²) in [6.07, 6.45) is 6.77. The average Bonchev–Trinajstić information content (AvgIpc) is 3.68. The van der Waals surface area contributed by atoms with Crippen molar-refractivity contribution in [2.45, 2.75) is 50.9 Å². The Labute approximate surface area is 243 Å². The summed E-state index contributed by atoms with van der Waals surface area (Å²) in [6, 6.07) is 12.6. The zero-order chi connectivity index (χ0) is 29.4. The fraction of sp³-hybridized carbons (Fsp3) is 0.364. The lowest BCUT2D eigenvalue weighted by Gasteiger charge is -2.43. The molecule has 9 heteroatoms. The van der Waals surface area contributed by atoms with Crippen LogP contribution in [0.4, 0.5) is 9.18 Å². The van der Waals surface area contributed by atoms with Crippen LogP contribution >= 0.6 is 0 Å². The molecule has 0 radical (unpaired) electrons. The van der Waals surface area contributed by atoms with Crippen molar-refractivity contribution < 1.29 is 28.2 Å². The van der Waals surface area contributed by atoms with E-state index in [1.165, 1.54) is 17.0 Å². The van der Waals surface area contributed by atoms with E-state index in [4.69, 9.17) is 9.47 Å². The Morgan fingerprint density at radius 1 is 1.17 bits per heavy atom. The molecule has 0 spiro atoms. The van der Waals surface area contributed by atoms with E-state index in [2.05, 4.69) is 4.98 Å². The van der Waals surface area contributed by atoms with Gasteiger partial charge < -0.3 is 19.4 Å². The number of aromatic amines is 1. The van der Waals surface area contributed by atoms with Gasteiger partial charge in [0.2, 0.25) is 5.91 Å². The number of allylic oxidation sites excluding steroid dienone is 2. The minimum absolute atomic E-state index is 0.0371. The number of aryl methyl sites for hydroxylation is 1. The number of cyclic esters (lactones) is 1. The molecule has 218 valence electrons. The third-order valence-electron chi connectivity index (χ3n) is 8.56. The van der Waals surface area contributed by atoms with Gasteiger partial charge in [-0.1, -0.05) is 35.9 Å². The Kier molecular flexibility index (Phi) is 7.35. The second-order valence-electron chi connectivity index (χ2n) is 11.2. The minimum atomic E-state index is -1.30. The Balaban J connectivity index is 1.62. The highest BCUT2D eigenvalue weighted by atomic mass is 19.1. The van der Waals surface area contributed by atoms with Crippen LogP contribution in [0.2, 0.25) is 0 Å². The SMILES string of the molecule is CCOC(=O)[C@@]1(C/C=C/N2CCOC2=O)c2[nH]c3ccc(F)cc3c2C/C(=C\N2CCCC2=O)C1c1ccc(C)cc1. The molecule has 2 aromatic carbocycles. The number of nitrogens with zero attached hydrogens (tertiary/aromatic N) is 2. The van der Waals surface area contributed by atoms with Crippen molar-refractivity contribution in [1.29, 1.82) is 0 Å². The second-order valence-corrected chi connectivity index (χ2v) is 11.2. The van der Waals surface area contributed by atoms with E-state index >= 15 is 0 Å². The van der Waals surface area contributed by atoms with Crippen LogP contribution in [-0.4, -0.2) is 59.1 Å². The standard InChI is InChI=1S/C33H34FN3O5/c1-3-41-31(39)33(13-5-15-36-16-17-42-32(36)40)29(22-9-7-21(2)8-10-22)23(20-37-14-4-6-28(37)38)18-26-25-19-24(34)11-12-27(25)35-30(26)33/h5,7-12,15,19-20,29,35H,3-4,6,13-14,16-18H2,1-2H3/b15-5+,23-20+/t29?,33-/m1/s1. The van der Waals surface area contributed by atoms with Gasteiger partial charge in [0, 0.05) is 47.9 Å². The number of hydrogen-bond donors (Lipinski definition) is 1. The van der Waals surface area contributed by atoms with Crippen LogP contribution in [0, 0.1) is 12.7 Å². The first-order valence-electron chi connectivity index (χ1n) is 14.5. The third kappa shape index (κ3) is 4.76. The van der Waals surface area contributed by atoms with Crippen LogP contribution in [0.3, 0.4) is 0 Å². The lowest BCUT2D eigenvalue weighted by Crippen LogP contribution is -2.47. The van der Waals surface area contributed by atoms with Gasteiger partial charge in [-0.25, -0.2) is 9.18 Å². The van der Waals surface area contributed by atoms with Crippen LogP contribution in [0.15, 0.2) is 66.5 Å². The molecule has 3 aliphatic rings. The second kappa shape index (κ2) is 11.1. The number of esters is 1. The van der Waals surface area contributed by atoms with E-state index in [0.29, 0.717) is 49.1 Å². The van der Waals surface area contributed by atoms with Gasteiger partial charge in [0.05, 0.1) is 13.2 Å². The average molecular weight is 572 g/mol. The number of nitrogens with one attached hydrogen (secondary N) is 1. The van der Waals surface area contributed by atoms with E-state index in [0.717, 1.165) is 28.7 Å². The molecule has 2 saturated heterocycles. The largest absolute Gasteiger partial charge is 0.465 e. The van der Waals surface area contributed by atoms with Crippen molar-refractivity contribution in [3.8, 4) is 0 Å². The van der Waals surface area contributed by atoms with Gasteiger partial charge in [0.15, 0.2) is 0 Å².